The maximum atomic E-state index is 12.1. The molecule has 0 bridgehead atoms. The molecule has 4 nitrogen and oxygen atoms in total. The van der Waals surface area contributed by atoms with E-state index in [1.165, 1.54) is 6.42 Å². The molecule has 1 amide bonds. The average Bonchev–Trinajstić information content (AvgIpc) is 2.86. The van der Waals surface area contributed by atoms with Crippen LogP contribution in [0.25, 0.3) is 0 Å². The molecule has 0 saturated heterocycles. The fourth-order valence-electron chi connectivity index (χ4n) is 2.84. The lowest BCUT2D eigenvalue weighted by molar-refractivity contribution is 0.0941. The van der Waals surface area contributed by atoms with Crippen LogP contribution in [-0.2, 0) is 0 Å². The lowest BCUT2D eigenvalue weighted by Crippen LogP contribution is -2.32. The van der Waals surface area contributed by atoms with Gasteiger partial charge in [-0.1, -0.05) is 18.1 Å². The van der Waals surface area contributed by atoms with Gasteiger partial charge in [0.25, 0.3) is 5.91 Å². The van der Waals surface area contributed by atoms with Crippen molar-refractivity contribution >= 4 is 5.91 Å². The van der Waals surface area contributed by atoms with Crippen LogP contribution in [0.4, 0.5) is 0 Å². The molecule has 0 spiro atoms. The molecule has 2 unspecified atom stereocenters. The van der Waals surface area contributed by atoms with Crippen LogP contribution in [0.3, 0.4) is 0 Å². The molecule has 1 aliphatic carbocycles. The lowest BCUT2D eigenvalue weighted by Gasteiger charge is -2.18. The number of rotatable bonds is 4. The summed E-state index contributed by atoms with van der Waals surface area (Å²) in [4.78, 5) is 12.1. The molecular weight excluding hydrogens is 240 g/mol. The van der Waals surface area contributed by atoms with Crippen molar-refractivity contribution in [3.8, 4) is 5.75 Å². The smallest absolute Gasteiger partial charge is 0.255 e. The summed E-state index contributed by atoms with van der Waals surface area (Å²) in [6.45, 7) is 3.24. The van der Waals surface area contributed by atoms with Gasteiger partial charge in [0.15, 0.2) is 0 Å². The standard InChI is InChI=1S/C15H22N2O2/c1-10-5-6-14(18)13(7-10)15(19)17-9-12-4-2-3-11(12)8-16/h5-7,11-12,18H,2-4,8-9,16H2,1H3,(H,17,19). The number of aryl methyl sites for hydroxylation is 1. The second kappa shape index (κ2) is 6.06. The normalized spacial score (nSPS) is 22.4. The summed E-state index contributed by atoms with van der Waals surface area (Å²) in [5.41, 5.74) is 7.04. The number of carbonyl (C=O) groups excluding carboxylic acids is 1. The number of phenolic OH excluding ortho intramolecular Hbond substituents is 1. The van der Waals surface area contributed by atoms with Gasteiger partial charge >= 0.3 is 0 Å². The SMILES string of the molecule is Cc1ccc(O)c(C(=O)NCC2CCCC2CN)c1. The van der Waals surface area contributed by atoms with Crippen molar-refractivity contribution in [2.75, 3.05) is 13.1 Å². The van der Waals surface area contributed by atoms with Gasteiger partial charge in [-0.2, -0.15) is 0 Å². The molecule has 1 aromatic carbocycles. The maximum absolute atomic E-state index is 12.1. The molecule has 0 aromatic heterocycles. The largest absolute Gasteiger partial charge is 0.507 e. The van der Waals surface area contributed by atoms with Gasteiger partial charge in [-0.3, -0.25) is 4.79 Å². The molecule has 1 aromatic rings. The van der Waals surface area contributed by atoms with Crippen LogP contribution in [-0.4, -0.2) is 24.1 Å². The minimum atomic E-state index is -0.205. The fourth-order valence-corrected chi connectivity index (χ4v) is 2.84. The van der Waals surface area contributed by atoms with E-state index in [-0.39, 0.29) is 11.7 Å². The number of hydrogen-bond acceptors (Lipinski definition) is 3. The highest BCUT2D eigenvalue weighted by molar-refractivity contribution is 5.96. The first-order valence-electron chi connectivity index (χ1n) is 6.89. The van der Waals surface area contributed by atoms with E-state index in [1.54, 1.807) is 18.2 Å². The van der Waals surface area contributed by atoms with E-state index in [0.29, 0.717) is 30.5 Å². The van der Waals surface area contributed by atoms with Gasteiger partial charge in [0.2, 0.25) is 0 Å². The quantitative estimate of drug-likeness (QED) is 0.774. The summed E-state index contributed by atoms with van der Waals surface area (Å²) in [6, 6.07) is 5.05. The minimum Gasteiger partial charge on any atom is -0.507 e. The number of carbonyl (C=O) groups is 1. The molecule has 0 aliphatic heterocycles. The van der Waals surface area contributed by atoms with E-state index in [2.05, 4.69) is 5.32 Å². The Labute approximate surface area is 114 Å². The zero-order chi connectivity index (χ0) is 13.8. The molecule has 104 valence electrons. The summed E-state index contributed by atoms with van der Waals surface area (Å²) in [5, 5.41) is 12.6. The van der Waals surface area contributed by atoms with Gasteiger partial charge in [0.05, 0.1) is 5.56 Å². The monoisotopic (exact) mass is 262 g/mol. The molecule has 19 heavy (non-hydrogen) atoms. The van der Waals surface area contributed by atoms with Gasteiger partial charge in [-0.15, -0.1) is 0 Å². The Morgan fingerprint density at radius 2 is 2.16 bits per heavy atom. The first kappa shape index (κ1) is 13.9. The molecule has 2 atom stereocenters. The Bertz CT molecular complexity index is 459. The average molecular weight is 262 g/mol. The van der Waals surface area contributed by atoms with E-state index in [4.69, 9.17) is 5.73 Å². The molecular formula is C15H22N2O2. The van der Waals surface area contributed by atoms with Crippen molar-refractivity contribution in [1.82, 2.24) is 5.32 Å². The first-order valence-corrected chi connectivity index (χ1v) is 6.89. The lowest BCUT2D eigenvalue weighted by atomic mass is 9.96. The Hall–Kier alpha value is -1.55. The van der Waals surface area contributed by atoms with Gasteiger partial charge in [-0.05, 0) is 50.3 Å². The topological polar surface area (TPSA) is 75.3 Å². The van der Waals surface area contributed by atoms with Crippen molar-refractivity contribution in [2.45, 2.75) is 26.2 Å². The third-order valence-electron chi connectivity index (χ3n) is 4.04. The highest BCUT2D eigenvalue weighted by Crippen LogP contribution is 2.30. The third-order valence-corrected chi connectivity index (χ3v) is 4.04. The highest BCUT2D eigenvalue weighted by atomic mass is 16.3. The fraction of sp³-hybridized carbons (Fsp3) is 0.533. The Morgan fingerprint density at radius 1 is 1.42 bits per heavy atom. The van der Waals surface area contributed by atoms with Crippen molar-refractivity contribution in [3.63, 3.8) is 0 Å². The van der Waals surface area contributed by atoms with Crippen LogP contribution < -0.4 is 11.1 Å². The summed E-state index contributed by atoms with van der Waals surface area (Å²) in [5.74, 6) is 0.820. The zero-order valence-corrected chi connectivity index (χ0v) is 11.4. The van der Waals surface area contributed by atoms with Crippen molar-refractivity contribution in [3.05, 3.63) is 29.3 Å². The van der Waals surface area contributed by atoms with Crippen LogP contribution in [0.5, 0.6) is 5.75 Å². The predicted octanol–water partition coefficient (Wildman–Crippen LogP) is 1.81. The third kappa shape index (κ3) is 3.26. The summed E-state index contributed by atoms with van der Waals surface area (Å²) < 4.78 is 0. The Kier molecular flexibility index (Phi) is 4.43. The van der Waals surface area contributed by atoms with E-state index >= 15 is 0 Å². The predicted molar refractivity (Wildman–Crippen MR) is 75.1 cm³/mol. The summed E-state index contributed by atoms with van der Waals surface area (Å²) >= 11 is 0. The molecule has 1 fully saturated rings. The summed E-state index contributed by atoms with van der Waals surface area (Å²) in [7, 11) is 0. The summed E-state index contributed by atoms with van der Waals surface area (Å²) in [6.07, 6.45) is 3.48. The number of benzene rings is 1. The molecule has 0 radical (unpaired) electrons. The number of hydrogen-bond donors (Lipinski definition) is 3. The number of nitrogens with one attached hydrogen (secondary N) is 1. The van der Waals surface area contributed by atoms with E-state index in [9.17, 15) is 9.90 Å². The molecule has 2 rings (SSSR count). The van der Waals surface area contributed by atoms with Crippen LogP contribution >= 0.6 is 0 Å². The second-order valence-corrected chi connectivity index (χ2v) is 5.42. The van der Waals surface area contributed by atoms with E-state index in [1.807, 2.05) is 6.92 Å². The Balaban J connectivity index is 1.96. The number of aromatic hydroxyl groups is 1. The van der Waals surface area contributed by atoms with Gasteiger partial charge < -0.3 is 16.2 Å². The van der Waals surface area contributed by atoms with Crippen molar-refractivity contribution in [1.29, 1.82) is 0 Å². The Morgan fingerprint density at radius 3 is 2.89 bits per heavy atom. The minimum absolute atomic E-state index is 0.0323. The van der Waals surface area contributed by atoms with Crippen LogP contribution in [0.15, 0.2) is 18.2 Å². The number of amides is 1. The molecule has 1 saturated carbocycles. The maximum Gasteiger partial charge on any atom is 0.255 e. The molecule has 1 aliphatic rings. The van der Waals surface area contributed by atoms with Crippen LogP contribution in [0, 0.1) is 18.8 Å². The van der Waals surface area contributed by atoms with E-state index < -0.39 is 0 Å². The highest BCUT2D eigenvalue weighted by Gasteiger charge is 2.26. The zero-order valence-electron chi connectivity index (χ0n) is 11.4. The van der Waals surface area contributed by atoms with Gasteiger partial charge in [0, 0.05) is 6.54 Å². The second-order valence-electron chi connectivity index (χ2n) is 5.42. The number of nitrogens with two attached hydrogens (primary N) is 1. The molecule has 0 heterocycles. The van der Waals surface area contributed by atoms with Crippen molar-refractivity contribution < 1.29 is 9.90 Å². The van der Waals surface area contributed by atoms with Gasteiger partial charge in [-0.25, -0.2) is 0 Å². The van der Waals surface area contributed by atoms with Crippen molar-refractivity contribution in [2.24, 2.45) is 17.6 Å². The number of phenols is 1. The van der Waals surface area contributed by atoms with Crippen LogP contribution in [0.1, 0.15) is 35.2 Å². The van der Waals surface area contributed by atoms with E-state index in [0.717, 1.165) is 18.4 Å². The van der Waals surface area contributed by atoms with Gasteiger partial charge in [0.1, 0.15) is 5.75 Å². The molecule has 4 N–H and O–H groups in total. The molecule has 4 heteroatoms. The van der Waals surface area contributed by atoms with Crippen LogP contribution in [0.2, 0.25) is 0 Å². The first-order chi connectivity index (χ1) is 9.11.